The Hall–Kier alpha value is -9.45. The van der Waals surface area contributed by atoms with Crippen LogP contribution in [0, 0.1) is 0 Å². The summed E-state index contributed by atoms with van der Waals surface area (Å²) in [6.07, 6.45) is 0. The lowest BCUT2D eigenvalue weighted by atomic mass is 9.91. The number of hydrogen-bond acceptors (Lipinski definition) is 1. The topological polar surface area (TPSA) is 32.6 Å². The summed E-state index contributed by atoms with van der Waals surface area (Å²) in [5, 5.41) is 9.61. The molecule has 326 valence electrons. The van der Waals surface area contributed by atoms with E-state index in [0.717, 1.165) is 83.9 Å². The molecule has 0 aliphatic carbocycles. The van der Waals surface area contributed by atoms with Crippen LogP contribution in [-0.4, -0.2) is 23.3 Å². The van der Waals surface area contributed by atoms with Crippen molar-refractivity contribution in [3.8, 4) is 45.3 Å². The Morgan fingerprint density at radius 3 is 1.06 bits per heavy atom. The lowest BCUT2D eigenvalue weighted by molar-refractivity contribution is 1.01. The predicted octanol–water partition coefficient (Wildman–Crippen LogP) is 16.8. The first-order valence-corrected chi connectivity index (χ1v) is 24.0. The van der Waals surface area contributed by atoms with Crippen LogP contribution in [0.1, 0.15) is 0 Å². The molecule has 0 saturated carbocycles. The number of nitrogens with zero attached hydrogens (tertiary/aromatic N) is 5. The van der Waals surface area contributed by atoms with Crippen molar-refractivity contribution in [2.24, 2.45) is 0 Å². The van der Waals surface area contributed by atoms with Crippen LogP contribution in [0.5, 0.6) is 0 Å². The molecule has 0 unspecified atom stereocenters. The zero-order valence-electron chi connectivity index (χ0n) is 37.9. The van der Waals surface area contributed by atoms with Crippen molar-refractivity contribution in [2.45, 2.75) is 0 Å². The van der Waals surface area contributed by atoms with Gasteiger partial charge in [0.05, 0.1) is 49.8 Å². The van der Waals surface area contributed by atoms with Crippen molar-refractivity contribution in [1.29, 1.82) is 0 Å². The van der Waals surface area contributed by atoms with E-state index in [1.54, 1.807) is 0 Å². The van der Waals surface area contributed by atoms with E-state index in [-0.39, 0.29) is 0 Å². The molecule has 0 saturated heterocycles. The molecule has 15 rings (SSSR count). The van der Waals surface area contributed by atoms with Gasteiger partial charge in [0.1, 0.15) is 11.6 Å². The molecule has 0 bridgehead atoms. The number of rotatable bonds is 6. The van der Waals surface area contributed by atoms with Crippen LogP contribution in [-0.2, 0) is 0 Å². The molecule has 0 spiro atoms. The number of benzene rings is 10. The first-order valence-electron chi connectivity index (χ1n) is 24.0. The smallest absolute Gasteiger partial charge is 0.140 e. The summed E-state index contributed by atoms with van der Waals surface area (Å²) < 4.78 is 9.66. The quantitative estimate of drug-likeness (QED) is 0.164. The van der Waals surface area contributed by atoms with E-state index in [9.17, 15) is 0 Å². The molecule has 0 fully saturated rings. The van der Waals surface area contributed by atoms with Gasteiger partial charge in [-0.15, -0.1) is 0 Å². The molecular formula is C65H41N5. The largest absolute Gasteiger partial charge is 0.309 e. The molecular weight excluding hydrogens is 851 g/mol. The Morgan fingerprint density at radius 1 is 0.257 bits per heavy atom. The van der Waals surface area contributed by atoms with Gasteiger partial charge in [0, 0.05) is 59.9 Å². The summed E-state index contributed by atoms with van der Waals surface area (Å²) >= 11 is 0. The Bertz CT molecular complexity index is 4310. The monoisotopic (exact) mass is 891 g/mol. The number of para-hydroxylation sites is 9. The first kappa shape index (κ1) is 38.6. The van der Waals surface area contributed by atoms with E-state index in [0.29, 0.717) is 0 Å². The maximum Gasteiger partial charge on any atom is 0.140 e. The minimum absolute atomic E-state index is 0.839. The standard InChI is InChI=1S/C65H41N5/c1-2-20-43(21-3-1)67-54-32-11-10-28-50(54)52-30-18-31-53(65(52)67)51-29-19-39-61(68-55-33-12-4-22-44(55)45-23-5-13-34-56(45)68)64(51)42-40-62(69-57-35-14-6-24-46(57)47-25-7-15-36-58(47)69)66-63(41-42)70-59-37-16-8-26-48(59)49-27-9-17-38-60(49)70/h1-41H. The summed E-state index contributed by atoms with van der Waals surface area (Å²) in [6, 6.07) is 90.6. The maximum atomic E-state index is 5.79. The van der Waals surface area contributed by atoms with Gasteiger partial charge in [0.15, 0.2) is 0 Å². The molecule has 0 amide bonds. The molecule has 5 aromatic heterocycles. The third-order valence-corrected chi connectivity index (χ3v) is 14.6. The number of pyridine rings is 1. The molecule has 0 atom stereocenters. The predicted molar refractivity (Wildman–Crippen MR) is 292 cm³/mol. The lowest BCUT2D eigenvalue weighted by Crippen LogP contribution is -2.06. The maximum absolute atomic E-state index is 5.79. The summed E-state index contributed by atoms with van der Waals surface area (Å²) in [7, 11) is 0. The first-order chi connectivity index (χ1) is 34.8. The van der Waals surface area contributed by atoms with Crippen molar-refractivity contribution in [2.75, 3.05) is 0 Å². The molecule has 0 N–H and O–H groups in total. The van der Waals surface area contributed by atoms with Gasteiger partial charge in [-0.3, -0.25) is 9.13 Å². The van der Waals surface area contributed by atoms with Gasteiger partial charge in [-0.25, -0.2) is 4.98 Å². The van der Waals surface area contributed by atoms with Crippen molar-refractivity contribution in [3.63, 3.8) is 0 Å². The van der Waals surface area contributed by atoms with Crippen LogP contribution in [0.3, 0.4) is 0 Å². The average molecular weight is 892 g/mol. The van der Waals surface area contributed by atoms with Gasteiger partial charge in [-0.2, -0.15) is 0 Å². The number of hydrogen-bond donors (Lipinski definition) is 0. The van der Waals surface area contributed by atoms with Crippen LogP contribution in [0.15, 0.2) is 249 Å². The molecule has 70 heavy (non-hydrogen) atoms. The van der Waals surface area contributed by atoms with Crippen LogP contribution in [0.25, 0.3) is 132 Å². The zero-order chi connectivity index (χ0) is 45.9. The van der Waals surface area contributed by atoms with Crippen LogP contribution >= 0.6 is 0 Å². The fraction of sp³-hybridized carbons (Fsp3) is 0. The molecule has 5 heterocycles. The number of aromatic nitrogens is 5. The summed E-state index contributed by atoms with van der Waals surface area (Å²) in [5.74, 6) is 1.68. The van der Waals surface area contributed by atoms with E-state index in [4.69, 9.17) is 4.98 Å². The molecule has 15 aromatic rings. The highest BCUT2D eigenvalue weighted by Crippen LogP contribution is 2.47. The van der Waals surface area contributed by atoms with Gasteiger partial charge < -0.3 is 9.13 Å². The van der Waals surface area contributed by atoms with Crippen molar-refractivity contribution in [1.82, 2.24) is 23.3 Å². The molecule has 10 aromatic carbocycles. The third-order valence-electron chi connectivity index (χ3n) is 14.6. The highest BCUT2D eigenvalue weighted by molar-refractivity contribution is 6.16. The van der Waals surface area contributed by atoms with Crippen LogP contribution in [0.4, 0.5) is 0 Å². The molecule has 5 heteroatoms. The van der Waals surface area contributed by atoms with Crippen molar-refractivity contribution in [3.05, 3.63) is 249 Å². The lowest BCUT2D eigenvalue weighted by Gasteiger charge is -2.21. The molecule has 0 aliphatic heterocycles. The Morgan fingerprint density at radius 2 is 0.600 bits per heavy atom. The summed E-state index contributed by atoms with van der Waals surface area (Å²) in [4.78, 5) is 5.79. The molecule has 5 nitrogen and oxygen atoms in total. The normalized spacial score (nSPS) is 12.0. The van der Waals surface area contributed by atoms with Gasteiger partial charge in [-0.1, -0.05) is 176 Å². The second-order valence-electron chi connectivity index (χ2n) is 18.3. The van der Waals surface area contributed by atoms with E-state index in [1.165, 1.54) is 48.6 Å². The Labute approximate surface area is 402 Å². The molecule has 0 radical (unpaired) electrons. The highest BCUT2D eigenvalue weighted by atomic mass is 15.1. The minimum Gasteiger partial charge on any atom is -0.309 e. The van der Waals surface area contributed by atoms with Gasteiger partial charge in [-0.05, 0) is 83.9 Å². The van der Waals surface area contributed by atoms with E-state index < -0.39 is 0 Å². The van der Waals surface area contributed by atoms with Crippen LogP contribution in [0.2, 0.25) is 0 Å². The SMILES string of the molecule is c1ccc(-n2c3ccccc3c3cccc(-c4cccc(-n5c6ccccc6c6ccccc65)c4-c4cc(-n5c6ccccc6c6ccccc65)nc(-n5c6ccccc6c6ccccc65)c4)c32)cc1. The van der Waals surface area contributed by atoms with Gasteiger partial charge >= 0.3 is 0 Å². The number of fused-ring (bicyclic) bond motifs is 12. The van der Waals surface area contributed by atoms with Gasteiger partial charge in [0.2, 0.25) is 0 Å². The Balaban J connectivity index is 1.14. The van der Waals surface area contributed by atoms with E-state index in [2.05, 4.69) is 267 Å². The van der Waals surface area contributed by atoms with Crippen molar-refractivity contribution < 1.29 is 0 Å². The summed E-state index contributed by atoms with van der Waals surface area (Å²) in [6.45, 7) is 0. The third kappa shape index (κ3) is 5.51. The highest BCUT2D eigenvalue weighted by Gasteiger charge is 2.25. The van der Waals surface area contributed by atoms with Crippen LogP contribution < -0.4 is 0 Å². The zero-order valence-corrected chi connectivity index (χ0v) is 37.9. The van der Waals surface area contributed by atoms with E-state index >= 15 is 0 Å². The Kier molecular flexibility index (Phi) is 8.29. The van der Waals surface area contributed by atoms with E-state index in [1.807, 2.05) is 0 Å². The second kappa shape index (κ2) is 15.0. The average Bonchev–Trinajstić information content (AvgIpc) is 4.16. The fourth-order valence-electron chi connectivity index (χ4n) is 11.7. The minimum atomic E-state index is 0.839. The molecule has 0 aliphatic rings. The second-order valence-corrected chi connectivity index (χ2v) is 18.3. The van der Waals surface area contributed by atoms with Gasteiger partial charge in [0.25, 0.3) is 0 Å². The van der Waals surface area contributed by atoms with Crippen molar-refractivity contribution >= 4 is 87.2 Å². The fourth-order valence-corrected chi connectivity index (χ4v) is 11.7. The summed E-state index contributed by atoms with van der Waals surface area (Å²) in [5.41, 5.74) is 15.7.